The molecule has 6 aliphatic rings. The molecule has 0 bridgehead atoms. The van der Waals surface area contributed by atoms with E-state index in [1.165, 1.54) is 6.92 Å². The maximum atomic E-state index is 12.9. The van der Waals surface area contributed by atoms with Crippen LogP contribution in [0.25, 0.3) is 0 Å². The quantitative estimate of drug-likeness (QED) is 0.0682. The molecule has 0 radical (unpaired) electrons. The van der Waals surface area contributed by atoms with Crippen LogP contribution in [0.3, 0.4) is 0 Å². The molecule has 0 saturated carbocycles. The second-order valence-electron chi connectivity index (χ2n) is 17.5. The van der Waals surface area contributed by atoms with E-state index in [-0.39, 0.29) is 0 Å². The lowest BCUT2D eigenvalue weighted by Gasteiger charge is -2.51. The number of ether oxygens (including phenoxy) is 11. The standard InChI is InChI=1S/C38H65NO30/c1-8-16(46)21(51)25(55)35(59-8)69-32-31(68-36-26(56)22(52)17(47)10(3-40)62-36)20(50)13(6-43)64-38(32)66-29-15(39-9(2)45)34(61-11(4-41)18(29)48)67-30-19(49)12(5-42)63-37(27(30)57)65-28-14(7-44)60-33(58)24(54)23(28)53/h8,10-38,40-44,46-58H,3-7H2,1-2H3,(H,39,45)/t8?,10?,11?,12?,13?,14-,15-,16+,17-,18+,19-,20-,21-,22-,23?,24?,25+,26-,27-,28+,29+,30-,31-,32-,33?,34?,35?,36?,37?,38?/m0/s1. The van der Waals surface area contributed by atoms with E-state index in [0.717, 1.165) is 6.92 Å². The molecule has 13 unspecified atom stereocenters. The van der Waals surface area contributed by atoms with E-state index in [9.17, 15) is 96.7 Å². The molecule has 6 aliphatic heterocycles. The predicted octanol–water partition coefficient (Wildman–Crippen LogP) is -12.9. The summed E-state index contributed by atoms with van der Waals surface area (Å²) in [5.74, 6) is -0.893. The second-order valence-corrected chi connectivity index (χ2v) is 17.5. The van der Waals surface area contributed by atoms with Crippen molar-refractivity contribution in [3.05, 3.63) is 0 Å². The number of carbonyl (C=O) groups excluding carboxylic acids is 1. The van der Waals surface area contributed by atoms with Crippen LogP contribution in [0.15, 0.2) is 0 Å². The summed E-state index contributed by atoms with van der Waals surface area (Å²) in [4.78, 5) is 12.9. The fraction of sp³-hybridized carbons (Fsp3) is 0.974. The summed E-state index contributed by atoms with van der Waals surface area (Å²) in [6, 6.07) is -1.85. The van der Waals surface area contributed by atoms with Gasteiger partial charge in [-0.25, -0.2) is 0 Å². The highest BCUT2D eigenvalue weighted by molar-refractivity contribution is 5.73. The van der Waals surface area contributed by atoms with Gasteiger partial charge in [-0.3, -0.25) is 4.79 Å². The van der Waals surface area contributed by atoms with E-state index in [1.54, 1.807) is 0 Å². The summed E-state index contributed by atoms with van der Waals surface area (Å²) in [6.45, 7) is -2.68. The van der Waals surface area contributed by atoms with Gasteiger partial charge in [0, 0.05) is 6.92 Å². The van der Waals surface area contributed by atoms with E-state index in [4.69, 9.17) is 52.1 Å². The van der Waals surface area contributed by atoms with Crippen LogP contribution in [0.4, 0.5) is 0 Å². The van der Waals surface area contributed by atoms with Crippen LogP contribution >= 0.6 is 0 Å². The molecular weight excluding hydrogens is 950 g/mol. The molecule has 69 heavy (non-hydrogen) atoms. The molecular formula is C38H65NO30. The monoisotopic (exact) mass is 1020 g/mol. The highest BCUT2D eigenvalue weighted by atomic mass is 16.8. The van der Waals surface area contributed by atoms with Crippen molar-refractivity contribution in [1.82, 2.24) is 5.32 Å². The number of carbonyl (C=O) groups is 1. The van der Waals surface area contributed by atoms with Crippen LogP contribution in [-0.4, -0.2) is 315 Å². The molecule has 31 heteroatoms. The fourth-order valence-electron chi connectivity index (χ4n) is 8.83. The molecule has 0 aromatic carbocycles. The van der Waals surface area contributed by atoms with Crippen molar-refractivity contribution >= 4 is 5.91 Å². The molecule has 402 valence electrons. The Morgan fingerprint density at radius 3 is 1.33 bits per heavy atom. The number of rotatable bonds is 16. The zero-order valence-electron chi connectivity index (χ0n) is 36.8. The van der Waals surface area contributed by atoms with Crippen LogP contribution in [0.5, 0.6) is 0 Å². The van der Waals surface area contributed by atoms with Gasteiger partial charge in [-0.05, 0) is 6.92 Å². The minimum absolute atomic E-state index is 0.893. The number of aliphatic hydroxyl groups excluding tert-OH is 18. The van der Waals surface area contributed by atoms with Crippen LogP contribution in [0.2, 0.25) is 0 Å². The smallest absolute Gasteiger partial charge is 0.217 e. The SMILES string of the molecule is CC(=O)N[C@@H]1C(O[C@@H]2[C@H](O)C(O[C@H]3C(O)C(O)C(O)O[C@H]3CO)OC(CO)[C@@H]2O)OC(CO)[C@@H](O)[C@@H]1OC1OC(CO)[C@H](O)[C@H](OC2OC(CO)[C@H](O)[C@H](O)[C@@H]2O)[C@@H]1OC1OC(C)[C@@H](O)[C@H](O)[C@H]1O. The van der Waals surface area contributed by atoms with Gasteiger partial charge >= 0.3 is 0 Å². The van der Waals surface area contributed by atoms with Crippen molar-refractivity contribution in [2.45, 2.75) is 198 Å². The van der Waals surface area contributed by atoms with Gasteiger partial charge in [-0.15, -0.1) is 0 Å². The Hall–Kier alpha value is -1.69. The number of hydrogen-bond acceptors (Lipinski definition) is 30. The average Bonchev–Trinajstić information content (AvgIpc) is 3.32. The molecule has 6 fully saturated rings. The van der Waals surface area contributed by atoms with Crippen LogP contribution < -0.4 is 5.32 Å². The van der Waals surface area contributed by atoms with Gasteiger partial charge in [0.15, 0.2) is 37.7 Å². The van der Waals surface area contributed by atoms with Crippen LogP contribution in [0.1, 0.15) is 13.8 Å². The summed E-state index contributed by atoms with van der Waals surface area (Å²) < 4.78 is 63.3. The zero-order chi connectivity index (χ0) is 50.9. The van der Waals surface area contributed by atoms with Gasteiger partial charge in [0.1, 0.15) is 140 Å². The third-order valence-electron chi connectivity index (χ3n) is 12.8. The summed E-state index contributed by atoms with van der Waals surface area (Å²) >= 11 is 0. The lowest BCUT2D eigenvalue weighted by molar-refractivity contribution is -0.404. The van der Waals surface area contributed by atoms with Crippen molar-refractivity contribution in [3.63, 3.8) is 0 Å². The summed E-state index contributed by atoms with van der Waals surface area (Å²) in [6.07, 6.45) is -55.6. The van der Waals surface area contributed by atoms with Crippen molar-refractivity contribution < 1.29 is 149 Å². The van der Waals surface area contributed by atoms with E-state index >= 15 is 0 Å². The fourth-order valence-corrected chi connectivity index (χ4v) is 8.83. The minimum atomic E-state index is -2.18. The molecule has 31 nitrogen and oxygen atoms in total. The molecule has 0 aromatic rings. The summed E-state index contributed by atoms with van der Waals surface area (Å²) in [7, 11) is 0. The maximum Gasteiger partial charge on any atom is 0.217 e. The van der Waals surface area contributed by atoms with Crippen molar-refractivity contribution in [3.8, 4) is 0 Å². The zero-order valence-corrected chi connectivity index (χ0v) is 36.8. The number of nitrogens with one attached hydrogen (secondary N) is 1. The van der Waals surface area contributed by atoms with Gasteiger partial charge in [-0.2, -0.15) is 0 Å². The predicted molar refractivity (Wildman–Crippen MR) is 209 cm³/mol. The first-order valence-electron chi connectivity index (χ1n) is 22.0. The third kappa shape index (κ3) is 11.8. The highest BCUT2D eigenvalue weighted by Gasteiger charge is 2.59. The third-order valence-corrected chi connectivity index (χ3v) is 12.8. The largest absolute Gasteiger partial charge is 0.394 e. The first kappa shape index (κ1) is 56.6. The van der Waals surface area contributed by atoms with E-state index < -0.39 is 223 Å². The second kappa shape index (κ2) is 24.1. The highest BCUT2D eigenvalue weighted by Crippen LogP contribution is 2.38. The lowest BCUT2D eigenvalue weighted by atomic mass is 9.94. The summed E-state index contributed by atoms with van der Waals surface area (Å²) in [5.41, 5.74) is 0. The topological polar surface area (TPSA) is 495 Å². The number of amides is 1. The molecule has 30 atom stereocenters. The van der Waals surface area contributed by atoms with E-state index in [0.29, 0.717) is 0 Å². The van der Waals surface area contributed by atoms with Gasteiger partial charge in [0.25, 0.3) is 0 Å². The molecule has 0 aromatic heterocycles. The van der Waals surface area contributed by atoms with Crippen molar-refractivity contribution in [2.75, 3.05) is 33.0 Å². The molecule has 6 heterocycles. The number of aliphatic hydroxyl groups is 18. The number of hydrogen-bond donors (Lipinski definition) is 19. The van der Waals surface area contributed by atoms with Gasteiger partial charge < -0.3 is 149 Å². The lowest BCUT2D eigenvalue weighted by Crippen LogP contribution is -2.71. The summed E-state index contributed by atoms with van der Waals surface area (Å²) in [5, 5.41) is 194. The Labute approximate surface area is 390 Å². The van der Waals surface area contributed by atoms with Crippen LogP contribution in [0, 0.1) is 0 Å². The van der Waals surface area contributed by atoms with E-state index in [1.807, 2.05) is 0 Å². The normalized spacial score (nSPS) is 52.1. The molecule has 6 saturated heterocycles. The van der Waals surface area contributed by atoms with Gasteiger partial charge in [-0.1, -0.05) is 0 Å². The Balaban J connectivity index is 1.35. The molecule has 1 amide bonds. The van der Waals surface area contributed by atoms with Gasteiger partial charge in [0.05, 0.1) is 39.1 Å². The Bertz CT molecular complexity index is 1610. The molecule has 19 N–H and O–H groups in total. The molecule has 0 spiro atoms. The van der Waals surface area contributed by atoms with Gasteiger partial charge in [0.2, 0.25) is 5.91 Å². The molecule has 6 rings (SSSR count). The first-order valence-corrected chi connectivity index (χ1v) is 22.0. The maximum absolute atomic E-state index is 12.9. The van der Waals surface area contributed by atoms with Crippen molar-refractivity contribution in [2.24, 2.45) is 0 Å². The minimum Gasteiger partial charge on any atom is -0.394 e. The van der Waals surface area contributed by atoms with E-state index in [2.05, 4.69) is 5.32 Å². The van der Waals surface area contributed by atoms with Crippen LogP contribution in [-0.2, 0) is 56.9 Å². The van der Waals surface area contributed by atoms with Crippen molar-refractivity contribution in [1.29, 1.82) is 0 Å². The Kier molecular flexibility index (Phi) is 19.8. The Morgan fingerprint density at radius 1 is 0.377 bits per heavy atom. The average molecular weight is 1020 g/mol. The first-order chi connectivity index (χ1) is 32.6. The Morgan fingerprint density at radius 2 is 0.783 bits per heavy atom. The molecule has 0 aliphatic carbocycles.